The van der Waals surface area contributed by atoms with Crippen molar-refractivity contribution in [3.8, 4) is 0 Å². The van der Waals surface area contributed by atoms with Crippen molar-refractivity contribution in [2.75, 3.05) is 11.9 Å². The molecule has 124 valence electrons. The Morgan fingerprint density at radius 1 is 1.13 bits per heavy atom. The van der Waals surface area contributed by atoms with E-state index in [1.165, 1.54) is 0 Å². The van der Waals surface area contributed by atoms with Crippen LogP contribution in [0.4, 0.5) is 5.69 Å². The minimum Gasteiger partial charge on any atom is -0.550 e. The van der Waals surface area contributed by atoms with E-state index in [1.807, 2.05) is 0 Å². The van der Waals surface area contributed by atoms with Crippen LogP contribution in [0.3, 0.4) is 0 Å². The molecular formula is C17H20NO5-. The standard InChI is InChI=1S/C17H21NO5/c1-2-23-17(22)11-7-9-12(10-8-11)18-15(19)13-5-3-4-6-14(13)16(20)21/h7-10,13-14H,2-6H2,1H3,(H,18,19)(H,20,21)/p-1/t13-,14+/m1/s1. The summed E-state index contributed by atoms with van der Waals surface area (Å²) in [6, 6.07) is 6.32. The predicted molar refractivity (Wildman–Crippen MR) is 81.5 cm³/mol. The molecule has 1 aliphatic rings. The first-order valence-electron chi connectivity index (χ1n) is 7.81. The van der Waals surface area contributed by atoms with Gasteiger partial charge < -0.3 is 20.0 Å². The number of carbonyl (C=O) groups excluding carboxylic acids is 3. The Morgan fingerprint density at radius 2 is 1.74 bits per heavy atom. The molecule has 0 heterocycles. The summed E-state index contributed by atoms with van der Waals surface area (Å²) < 4.78 is 4.89. The lowest BCUT2D eigenvalue weighted by Gasteiger charge is -2.31. The van der Waals surface area contributed by atoms with E-state index in [-0.39, 0.29) is 5.91 Å². The number of aliphatic carboxylic acids is 1. The van der Waals surface area contributed by atoms with Gasteiger partial charge in [-0.1, -0.05) is 12.8 Å². The molecule has 0 radical (unpaired) electrons. The molecule has 0 aromatic heterocycles. The molecule has 1 N–H and O–H groups in total. The van der Waals surface area contributed by atoms with E-state index >= 15 is 0 Å². The van der Waals surface area contributed by atoms with Gasteiger partial charge in [-0.3, -0.25) is 4.79 Å². The minimum absolute atomic E-state index is 0.295. The Labute approximate surface area is 134 Å². The second kappa shape index (κ2) is 7.76. The van der Waals surface area contributed by atoms with E-state index in [0.29, 0.717) is 30.7 Å². The molecule has 0 bridgehead atoms. The fourth-order valence-corrected chi connectivity index (χ4v) is 2.87. The fraction of sp³-hybridized carbons (Fsp3) is 0.471. The third kappa shape index (κ3) is 4.31. The summed E-state index contributed by atoms with van der Waals surface area (Å²) in [6.45, 7) is 2.02. The van der Waals surface area contributed by atoms with E-state index in [4.69, 9.17) is 4.74 Å². The lowest BCUT2D eigenvalue weighted by molar-refractivity contribution is -0.313. The summed E-state index contributed by atoms with van der Waals surface area (Å²) in [5.41, 5.74) is 0.917. The number of amides is 1. The summed E-state index contributed by atoms with van der Waals surface area (Å²) in [7, 11) is 0. The third-order valence-electron chi connectivity index (χ3n) is 4.07. The van der Waals surface area contributed by atoms with Gasteiger partial charge in [-0.2, -0.15) is 0 Å². The van der Waals surface area contributed by atoms with Crippen LogP contribution in [0.1, 0.15) is 43.0 Å². The van der Waals surface area contributed by atoms with Crippen LogP contribution in [0.25, 0.3) is 0 Å². The van der Waals surface area contributed by atoms with Crippen molar-refractivity contribution in [1.29, 1.82) is 0 Å². The highest BCUT2D eigenvalue weighted by Crippen LogP contribution is 2.30. The number of benzene rings is 1. The molecule has 1 aromatic rings. The van der Waals surface area contributed by atoms with Crippen LogP contribution in [-0.2, 0) is 14.3 Å². The number of hydrogen-bond acceptors (Lipinski definition) is 5. The highest BCUT2D eigenvalue weighted by Gasteiger charge is 2.31. The fourth-order valence-electron chi connectivity index (χ4n) is 2.87. The number of carboxylic acids is 1. The topological polar surface area (TPSA) is 95.5 Å². The van der Waals surface area contributed by atoms with Gasteiger partial charge in [-0.15, -0.1) is 0 Å². The summed E-state index contributed by atoms with van der Waals surface area (Å²) >= 11 is 0. The third-order valence-corrected chi connectivity index (χ3v) is 4.07. The second-order valence-electron chi connectivity index (χ2n) is 5.60. The van der Waals surface area contributed by atoms with Crippen molar-refractivity contribution in [1.82, 2.24) is 0 Å². The number of anilines is 1. The van der Waals surface area contributed by atoms with Crippen molar-refractivity contribution >= 4 is 23.5 Å². The number of carboxylic acid groups (broad SMARTS) is 1. The van der Waals surface area contributed by atoms with Crippen LogP contribution in [0, 0.1) is 11.8 Å². The number of carbonyl (C=O) groups is 3. The van der Waals surface area contributed by atoms with Gasteiger partial charge >= 0.3 is 5.97 Å². The Bertz CT molecular complexity index is 581. The Hall–Kier alpha value is -2.37. The molecule has 6 heteroatoms. The summed E-state index contributed by atoms with van der Waals surface area (Å²) in [4.78, 5) is 35.0. The zero-order valence-electron chi connectivity index (χ0n) is 13.0. The molecule has 1 aliphatic carbocycles. The molecule has 2 rings (SSSR count). The van der Waals surface area contributed by atoms with Crippen molar-refractivity contribution in [2.45, 2.75) is 32.6 Å². The van der Waals surface area contributed by atoms with Crippen molar-refractivity contribution in [3.05, 3.63) is 29.8 Å². The van der Waals surface area contributed by atoms with Gasteiger partial charge in [0.05, 0.1) is 12.2 Å². The molecule has 0 aliphatic heterocycles. The van der Waals surface area contributed by atoms with Gasteiger partial charge in [-0.25, -0.2) is 4.79 Å². The lowest BCUT2D eigenvalue weighted by Crippen LogP contribution is -2.42. The number of nitrogens with one attached hydrogen (secondary N) is 1. The Morgan fingerprint density at radius 3 is 2.30 bits per heavy atom. The number of rotatable bonds is 5. The number of esters is 1. The quantitative estimate of drug-likeness (QED) is 0.827. The SMILES string of the molecule is CCOC(=O)c1ccc(NC(=O)[C@@H]2CCCC[C@@H]2C(=O)[O-])cc1. The monoisotopic (exact) mass is 318 g/mol. The van der Waals surface area contributed by atoms with Crippen molar-refractivity contribution in [3.63, 3.8) is 0 Å². The summed E-state index contributed by atoms with van der Waals surface area (Å²) in [5.74, 6) is -3.21. The lowest BCUT2D eigenvalue weighted by atomic mass is 9.78. The number of ether oxygens (including phenoxy) is 1. The van der Waals surface area contributed by atoms with Gasteiger partial charge in [-0.05, 0) is 44.0 Å². The highest BCUT2D eigenvalue weighted by atomic mass is 16.5. The molecule has 23 heavy (non-hydrogen) atoms. The van der Waals surface area contributed by atoms with E-state index in [9.17, 15) is 19.5 Å². The molecule has 0 spiro atoms. The zero-order chi connectivity index (χ0) is 16.8. The molecule has 1 saturated carbocycles. The predicted octanol–water partition coefficient (Wildman–Crippen LogP) is 1.36. The number of hydrogen-bond donors (Lipinski definition) is 1. The van der Waals surface area contributed by atoms with Gasteiger partial charge in [0.15, 0.2) is 0 Å². The first kappa shape index (κ1) is 17.0. The molecule has 2 atom stereocenters. The largest absolute Gasteiger partial charge is 0.550 e. The van der Waals surface area contributed by atoms with Gasteiger partial charge in [0, 0.05) is 23.5 Å². The maximum absolute atomic E-state index is 12.3. The molecule has 6 nitrogen and oxygen atoms in total. The van der Waals surface area contributed by atoms with Crippen molar-refractivity contribution in [2.24, 2.45) is 11.8 Å². The van der Waals surface area contributed by atoms with Crippen LogP contribution in [-0.4, -0.2) is 24.5 Å². The van der Waals surface area contributed by atoms with E-state index < -0.39 is 23.8 Å². The summed E-state index contributed by atoms with van der Waals surface area (Å²) in [6.07, 6.45) is 2.66. The Kier molecular flexibility index (Phi) is 5.73. The van der Waals surface area contributed by atoms with E-state index in [2.05, 4.69) is 5.32 Å². The van der Waals surface area contributed by atoms with Gasteiger partial charge in [0.2, 0.25) is 5.91 Å². The minimum atomic E-state index is -1.16. The summed E-state index contributed by atoms with van der Waals surface area (Å²) in [5, 5.41) is 13.9. The average molecular weight is 318 g/mol. The van der Waals surface area contributed by atoms with Crippen LogP contribution in [0.5, 0.6) is 0 Å². The molecule has 1 fully saturated rings. The highest BCUT2D eigenvalue weighted by molar-refractivity contribution is 5.96. The average Bonchev–Trinajstić information content (AvgIpc) is 2.55. The maximum atomic E-state index is 12.3. The molecular weight excluding hydrogens is 298 g/mol. The van der Waals surface area contributed by atoms with Crippen LogP contribution in [0.2, 0.25) is 0 Å². The normalized spacial score (nSPS) is 20.6. The smallest absolute Gasteiger partial charge is 0.338 e. The Balaban J connectivity index is 2.02. The van der Waals surface area contributed by atoms with Crippen molar-refractivity contribution < 1.29 is 24.2 Å². The van der Waals surface area contributed by atoms with E-state index in [0.717, 1.165) is 12.8 Å². The molecule has 1 amide bonds. The first-order chi connectivity index (χ1) is 11.0. The second-order valence-corrected chi connectivity index (χ2v) is 5.60. The molecule has 0 unspecified atom stereocenters. The molecule has 0 saturated heterocycles. The van der Waals surface area contributed by atoms with Gasteiger partial charge in [0.25, 0.3) is 0 Å². The molecule has 1 aromatic carbocycles. The van der Waals surface area contributed by atoms with Crippen LogP contribution in [0.15, 0.2) is 24.3 Å². The van der Waals surface area contributed by atoms with E-state index in [1.54, 1.807) is 31.2 Å². The van der Waals surface area contributed by atoms with Crippen LogP contribution >= 0.6 is 0 Å². The van der Waals surface area contributed by atoms with Crippen LogP contribution < -0.4 is 10.4 Å². The first-order valence-corrected chi connectivity index (χ1v) is 7.81. The van der Waals surface area contributed by atoms with Gasteiger partial charge in [0.1, 0.15) is 0 Å². The maximum Gasteiger partial charge on any atom is 0.338 e. The zero-order valence-corrected chi connectivity index (χ0v) is 13.0.